The van der Waals surface area contributed by atoms with Crippen LogP contribution in [0.3, 0.4) is 0 Å². The van der Waals surface area contributed by atoms with Gasteiger partial charge in [-0.1, -0.05) is 18.2 Å². The van der Waals surface area contributed by atoms with Crippen LogP contribution in [0.25, 0.3) is 33.5 Å². The lowest BCUT2D eigenvalue weighted by atomic mass is 10.0. The van der Waals surface area contributed by atoms with Crippen molar-refractivity contribution in [3.05, 3.63) is 54.1 Å². The third kappa shape index (κ3) is 3.29. The zero-order chi connectivity index (χ0) is 22.4. The lowest BCUT2D eigenvalue weighted by Crippen LogP contribution is -2.53. The molecule has 7 nitrogen and oxygen atoms in total. The van der Waals surface area contributed by atoms with Crippen molar-refractivity contribution in [1.29, 1.82) is 0 Å². The van der Waals surface area contributed by atoms with Gasteiger partial charge in [-0.15, -0.1) is 0 Å². The number of amides is 1. The number of piperidine rings is 1. The monoisotopic (exact) mass is 431 g/mol. The molecule has 1 fully saturated rings. The van der Waals surface area contributed by atoms with Gasteiger partial charge in [0.05, 0.1) is 22.8 Å². The average molecular weight is 432 g/mol. The van der Waals surface area contributed by atoms with Crippen LogP contribution in [0.4, 0.5) is 0 Å². The van der Waals surface area contributed by atoms with E-state index < -0.39 is 0 Å². The van der Waals surface area contributed by atoms with Gasteiger partial charge in [0.2, 0.25) is 0 Å². The van der Waals surface area contributed by atoms with Gasteiger partial charge in [0, 0.05) is 56.3 Å². The highest BCUT2D eigenvalue weighted by molar-refractivity contribution is 5.98. The predicted octanol–water partition coefficient (Wildman–Crippen LogP) is 3.40. The van der Waals surface area contributed by atoms with Crippen LogP contribution in [0.5, 0.6) is 0 Å². The number of hydrogen-bond acceptors (Lipinski definition) is 4. The molecule has 2 aromatic carbocycles. The molecule has 0 saturated carbocycles. The number of imidazole rings is 1. The summed E-state index contributed by atoms with van der Waals surface area (Å²) in [5.74, 6) is 0.886. The third-order valence-electron chi connectivity index (χ3n) is 6.67. The second-order valence-corrected chi connectivity index (χ2v) is 8.51. The number of ether oxygens (including phenoxy) is 1. The van der Waals surface area contributed by atoms with Crippen molar-refractivity contribution in [1.82, 2.24) is 19.0 Å². The summed E-state index contributed by atoms with van der Waals surface area (Å²) in [5, 5.41) is 1.20. The van der Waals surface area contributed by atoms with Gasteiger partial charge in [0.15, 0.2) is 5.82 Å². The number of rotatable bonds is 4. The quantitative estimate of drug-likeness (QED) is 0.537. The summed E-state index contributed by atoms with van der Waals surface area (Å²) in [6.07, 6.45) is 0.756. The second kappa shape index (κ2) is 8.07. The molecule has 5 rings (SSSR count). The normalized spacial score (nSPS) is 19.2. The van der Waals surface area contributed by atoms with Crippen molar-refractivity contribution in [3.8, 4) is 11.5 Å². The van der Waals surface area contributed by atoms with Crippen LogP contribution < -0.4 is 5.73 Å². The van der Waals surface area contributed by atoms with Crippen molar-refractivity contribution in [2.75, 3.05) is 20.2 Å². The highest BCUT2D eigenvalue weighted by Crippen LogP contribution is 2.30. The number of nitrogens with zero attached hydrogens (tertiary/aromatic N) is 4. The summed E-state index contributed by atoms with van der Waals surface area (Å²) < 4.78 is 9.80. The average Bonchev–Trinajstić information content (AvgIpc) is 3.35. The van der Waals surface area contributed by atoms with Crippen LogP contribution in [0.15, 0.2) is 48.5 Å². The van der Waals surface area contributed by atoms with Crippen molar-refractivity contribution < 1.29 is 9.53 Å². The Balaban J connectivity index is 1.51. The standard InChI is InChI=1S/C25H29N5O2/c1-4-30-20-8-6-5-7-16(20)14-22(30)24-27-19-13-17(9-10-21(19)28(24)2)25(31)29-12-11-23(32-3)18(26)15-29/h5-10,13-14,18,23H,4,11-12,15,26H2,1-3H3/t18-,23+/m1/s1. The van der Waals surface area contributed by atoms with E-state index in [4.69, 9.17) is 15.5 Å². The van der Waals surface area contributed by atoms with Crippen LogP contribution in [0, 0.1) is 0 Å². The molecule has 2 N–H and O–H groups in total. The molecule has 166 valence electrons. The number of methoxy groups -OCH3 is 1. The summed E-state index contributed by atoms with van der Waals surface area (Å²) in [4.78, 5) is 19.9. The summed E-state index contributed by atoms with van der Waals surface area (Å²) in [6.45, 7) is 4.15. The molecule has 4 aromatic rings. The van der Waals surface area contributed by atoms with Crippen LogP contribution in [0.2, 0.25) is 0 Å². The smallest absolute Gasteiger partial charge is 0.253 e. The maximum atomic E-state index is 13.2. The number of aromatic nitrogens is 3. The minimum Gasteiger partial charge on any atom is -0.380 e. The first-order chi connectivity index (χ1) is 15.5. The number of carbonyl (C=O) groups excluding carboxylic acids is 1. The summed E-state index contributed by atoms with van der Waals surface area (Å²) >= 11 is 0. The Kier molecular flexibility index (Phi) is 5.23. The Morgan fingerprint density at radius 1 is 1.19 bits per heavy atom. The topological polar surface area (TPSA) is 78.3 Å². The first-order valence-electron chi connectivity index (χ1n) is 11.1. The second-order valence-electron chi connectivity index (χ2n) is 8.51. The molecule has 3 heterocycles. The fourth-order valence-corrected chi connectivity index (χ4v) is 4.92. The van der Waals surface area contributed by atoms with Gasteiger partial charge in [-0.2, -0.15) is 0 Å². The minimum atomic E-state index is -0.168. The van der Waals surface area contributed by atoms with Crippen LogP contribution in [-0.4, -0.2) is 57.3 Å². The molecule has 0 bridgehead atoms. The number of benzene rings is 2. The molecule has 0 unspecified atom stereocenters. The maximum Gasteiger partial charge on any atom is 0.253 e. The van der Waals surface area contributed by atoms with Crippen LogP contribution in [-0.2, 0) is 18.3 Å². The number of nitrogens with two attached hydrogens (primary N) is 1. The number of carbonyl (C=O) groups is 1. The van der Waals surface area contributed by atoms with E-state index >= 15 is 0 Å². The zero-order valence-corrected chi connectivity index (χ0v) is 18.8. The first-order valence-corrected chi connectivity index (χ1v) is 11.1. The molecule has 1 amide bonds. The Hall–Kier alpha value is -3.16. The molecule has 2 aromatic heterocycles. The van der Waals surface area contributed by atoms with Crippen molar-refractivity contribution in [2.45, 2.75) is 32.0 Å². The van der Waals surface area contributed by atoms with E-state index in [1.54, 1.807) is 7.11 Å². The van der Waals surface area contributed by atoms with Gasteiger partial charge in [-0.3, -0.25) is 4.79 Å². The Morgan fingerprint density at radius 3 is 2.75 bits per heavy atom. The molecule has 7 heteroatoms. The lowest BCUT2D eigenvalue weighted by Gasteiger charge is -2.35. The van der Waals surface area contributed by atoms with E-state index in [0.717, 1.165) is 35.5 Å². The lowest BCUT2D eigenvalue weighted by molar-refractivity contribution is 0.0227. The number of hydrogen-bond donors (Lipinski definition) is 1. The number of aryl methyl sites for hydroxylation is 2. The molecular weight excluding hydrogens is 402 g/mol. The molecule has 0 spiro atoms. The summed E-state index contributed by atoms with van der Waals surface area (Å²) in [5.41, 5.74) is 10.9. The van der Waals surface area contributed by atoms with E-state index in [1.807, 2.05) is 30.1 Å². The van der Waals surface area contributed by atoms with E-state index in [1.165, 1.54) is 10.9 Å². The van der Waals surface area contributed by atoms with E-state index in [-0.39, 0.29) is 18.1 Å². The SMILES string of the molecule is CCn1c(-c2nc3cc(C(=O)N4CC[C@H](OC)[C@H](N)C4)ccc3n2C)cc2ccccc21. The van der Waals surface area contributed by atoms with E-state index in [9.17, 15) is 4.79 Å². The van der Waals surface area contributed by atoms with Gasteiger partial charge in [0.1, 0.15) is 0 Å². The molecule has 1 aliphatic rings. The van der Waals surface area contributed by atoms with Crippen LogP contribution >= 0.6 is 0 Å². The molecule has 1 saturated heterocycles. The van der Waals surface area contributed by atoms with E-state index in [2.05, 4.69) is 46.4 Å². The Bertz CT molecular complexity index is 1300. The molecule has 32 heavy (non-hydrogen) atoms. The maximum absolute atomic E-state index is 13.2. The van der Waals surface area contributed by atoms with Crippen molar-refractivity contribution in [2.24, 2.45) is 12.8 Å². The van der Waals surface area contributed by atoms with Crippen molar-refractivity contribution >= 4 is 27.8 Å². The number of para-hydroxylation sites is 1. The molecule has 0 radical (unpaired) electrons. The largest absolute Gasteiger partial charge is 0.380 e. The summed E-state index contributed by atoms with van der Waals surface area (Å²) in [7, 11) is 3.70. The molecular formula is C25H29N5O2. The Morgan fingerprint density at radius 2 is 2.00 bits per heavy atom. The summed E-state index contributed by atoms with van der Waals surface area (Å²) in [6, 6.07) is 16.2. The van der Waals surface area contributed by atoms with Crippen LogP contribution in [0.1, 0.15) is 23.7 Å². The molecule has 0 aliphatic carbocycles. The van der Waals surface area contributed by atoms with Gasteiger partial charge in [-0.25, -0.2) is 4.98 Å². The molecule has 2 atom stereocenters. The Labute approximate surface area is 187 Å². The highest BCUT2D eigenvalue weighted by Gasteiger charge is 2.29. The molecule has 1 aliphatic heterocycles. The highest BCUT2D eigenvalue weighted by atomic mass is 16.5. The van der Waals surface area contributed by atoms with Gasteiger partial charge in [0.25, 0.3) is 5.91 Å². The number of fused-ring (bicyclic) bond motifs is 2. The fraction of sp³-hybridized carbons (Fsp3) is 0.360. The third-order valence-corrected chi connectivity index (χ3v) is 6.67. The minimum absolute atomic E-state index is 0.00481. The predicted molar refractivity (Wildman–Crippen MR) is 127 cm³/mol. The number of likely N-dealkylation sites (tertiary alicyclic amines) is 1. The fourth-order valence-electron chi connectivity index (χ4n) is 4.92. The van der Waals surface area contributed by atoms with Gasteiger partial charge < -0.3 is 24.5 Å². The van der Waals surface area contributed by atoms with E-state index in [0.29, 0.717) is 18.7 Å². The van der Waals surface area contributed by atoms with Gasteiger partial charge in [-0.05, 0) is 43.7 Å². The first kappa shape index (κ1) is 20.7. The van der Waals surface area contributed by atoms with Crippen molar-refractivity contribution in [3.63, 3.8) is 0 Å². The van der Waals surface area contributed by atoms with Gasteiger partial charge >= 0.3 is 0 Å². The zero-order valence-electron chi connectivity index (χ0n) is 18.8.